The zero-order chi connectivity index (χ0) is 15.5. The van der Waals surface area contributed by atoms with Crippen LogP contribution in [0.15, 0.2) is 23.1 Å². The molecule has 0 aliphatic heterocycles. The molecule has 1 aromatic carbocycles. The number of benzene rings is 1. The number of sulfonamides is 1. The molecule has 7 heteroatoms. The fraction of sp³-hybridized carbons (Fsp3) is 0.571. The minimum Gasteiger partial charge on any atom is -0.385 e. The van der Waals surface area contributed by atoms with Crippen molar-refractivity contribution in [2.45, 2.75) is 30.7 Å². The standard InChI is InChI=1S/C14H21FN2O3S/c1-20-7-6-14(4-5-14)10-17-21(18,19)13-3-2-11(9-16)8-12(13)15/h2-3,8,17H,4-7,9-10,16H2,1H3. The Morgan fingerprint density at radius 1 is 1.43 bits per heavy atom. The lowest BCUT2D eigenvalue weighted by molar-refractivity contribution is 0.173. The van der Waals surface area contributed by atoms with Crippen molar-refractivity contribution in [1.82, 2.24) is 4.72 Å². The van der Waals surface area contributed by atoms with E-state index in [2.05, 4.69) is 4.72 Å². The second-order valence-electron chi connectivity index (χ2n) is 5.54. The Bertz CT molecular complexity index is 600. The Morgan fingerprint density at radius 2 is 2.14 bits per heavy atom. The molecule has 1 saturated carbocycles. The number of halogens is 1. The van der Waals surface area contributed by atoms with Gasteiger partial charge in [-0.2, -0.15) is 0 Å². The van der Waals surface area contributed by atoms with Crippen molar-refractivity contribution in [1.29, 1.82) is 0 Å². The first-order chi connectivity index (χ1) is 9.92. The summed E-state index contributed by atoms with van der Waals surface area (Å²) in [5.41, 5.74) is 5.93. The fourth-order valence-electron chi connectivity index (χ4n) is 2.23. The Labute approximate surface area is 124 Å². The maximum absolute atomic E-state index is 13.9. The second kappa shape index (κ2) is 6.39. The van der Waals surface area contributed by atoms with E-state index in [1.54, 1.807) is 7.11 Å². The molecule has 21 heavy (non-hydrogen) atoms. The summed E-state index contributed by atoms with van der Waals surface area (Å²) in [4.78, 5) is -0.331. The van der Waals surface area contributed by atoms with Gasteiger partial charge in [-0.1, -0.05) is 6.07 Å². The van der Waals surface area contributed by atoms with Crippen LogP contribution in [0.5, 0.6) is 0 Å². The Kier molecular flexibility index (Phi) is 4.98. The molecule has 1 aromatic rings. The van der Waals surface area contributed by atoms with E-state index in [9.17, 15) is 12.8 Å². The lowest BCUT2D eigenvalue weighted by atomic mass is 10.0. The zero-order valence-corrected chi connectivity index (χ0v) is 12.9. The topological polar surface area (TPSA) is 81.4 Å². The van der Waals surface area contributed by atoms with Gasteiger partial charge in [-0.3, -0.25) is 0 Å². The number of nitrogens with two attached hydrogens (primary N) is 1. The van der Waals surface area contributed by atoms with E-state index in [1.807, 2.05) is 0 Å². The predicted octanol–water partition coefficient (Wildman–Crippen LogP) is 1.38. The van der Waals surface area contributed by atoms with E-state index in [1.165, 1.54) is 12.1 Å². The lowest BCUT2D eigenvalue weighted by Gasteiger charge is -2.16. The molecule has 5 nitrogen and oxygen atoms in total. The van der Waals surface area contributed by atoms with Crippen molar-refractivity contribution in [3.63, 3.8) is 0 Å². The normalized spacial score (nSPS) is 16.9. The lowest BCUT2D eigenvalue weighted by Crippen LogP contribution is -2.31. The van der Waals surface area contributed by atoms with Gasteiger partial charge in [-0.05, 0) is 42.4 Å². The van der Waals surface area contributed by atoms with Gasteiger partial charge in [0.15, 0.2) is 0 Å². The molecule has 2 rings (SSSR count). The molecule has 0 saturated heterocycles. The first-order valence-corrected chi connectivity index (χ1v) is 8.38. The van der Waals surface area contributed by atoms with Crippen molar-refractivity contribution in [3.05, 3.63) is 29.6 Å². The van der Waals surface area contributed by atoms with Crippen LogP contribution < -0.4 is 10.5 Å². The first-order valence-electron chi connectivity index (χ1n) is 6.90. The van der Waals surface area contributed by atoms with E-state index < -0.39 is 15.8 Å². The minimum atomic E-state index is -3.84. The molecule has 118 valence electrons. The monoisotopic (exact) mass is 316 g/mol. The number of rotatable bonds is 8. The van der Waals surface area contributed by atoms with Crippen LogP contribution >= 0.6 is 0 Å². The third-order valence-electron chi connectivity index (χ3n) is 3.95. The van der Waals surface area contributed by atoms with Crippen LogP contribution in [0.2, 0.25) is 0 Å². The van der Waals surface area contributed by atoms with Gasteiger partial charge >= 0.3 is 0 Å². The number of nitrogens with one attached hydrogen (secondary N) is 1. The van der Waals surface area contributed by atoms with Gasteiger partial charge < -0.3 is 10.5 Å². The van der Waals surface area contributed by atoms with Crippen molar-refractivity contribution in [3.8, 4) is 0 Å². The Morgan fingerprint density at radius 3 is 2.67 bits per heavy atom. The van der Waals surface area contributed by atoms with Gasteiger partial charge in [0.05, 0.1) is 0 Å². The fourth-order valence-corrected chi connectivity index (χ4v) is 3.44. The van der Waals surface area contributed by atoms with Gasteiger partial charge in [-0.15, -0.1) is 0 Å². The Balaban J connectivity index is 2.05. The van der Waals surface area contributed by atoms with Crippen LogP contribution in [-0.4, -0.2) is 28.7 Å². The van der Waals surface area contributed by atoms with Crippen LogP contribution in [0.3, 0.4) is 0 Å². The SMILES string of the molecule is COCCC1(CNS(=O)(=O)c2ccc(CN)cc2F)CC1. The van der Waals surface area contributed by atoms with Crippen LogP contribution in [0.1, 0.15) is 24.8 Å². The third kappa shape index (κ3) is 4.00. The summed E-state index contributed by atoms with van der Waals surface area (Å²) in [6.07, 6.45) is 2.74. The van der Waals surface area contributed by atoms with E-state index in [-0.39, 0.29) is 16.9 Å². The van der Waals surface area contributed by atoms with Crippen molar-refractivity contribution in [2.24, 2.45) is 11.1 Å². The molecule has 0 spiro atoms. The maximum Gasteiger partial charge on any atom is 0.243 e. The third-order valence-corrected chi connectivity index (χ3v) is 5.39. The van der Waals surface area contributed by atoms with Gasteiger partial charge in [-0.25, -0.2) is 17.5 Å². The summed E-state index contributed by atoms with van der Waals surface area (Å²) < 4.78 is 45.8. The van der Waals surface area contributed by atoms with Crippen molar-refractivity contribution >= 4 is 10.0 Å². The molecule has 0 amide bonds. The molecule has 0 bridgehead atoms. The molecular weight excluding hydrogens is 295 g/mol. The largest absolute Gasteiger partial charge is 0.385 e. The minimum absolute atomic E-state index is 0.0310. The highest BCUT2D eigenvalue weighted by atomic mass is 32.2. The average Bonchev–Trinajstić information content (AvgIpc) is 3.23. The number of hydrogen-bond donors (Lipinski definition) is 2. The van der Waals surface area contributed by atoms with E-state index >= 15 is 0 Å². The molecule has 0 heterocycles. The van der Waals surface area contributed by atoms with Crippen LogP contribution in [0.25, 0.3) is 0 Å². The van der Waals surface area contributed by atoms with Gasteiger partial charge in [0.1, 0.15) is 10.7 Å². The highest BCUT2D eigenvalue weighted by Gasteiger charge is 2.42. The van der Waals surface area contributed by atoms with Gasteiger partial charge in [0.25, 0.3) is 0 Å². The number of ether oxygens (including phenoxy) is 1. The predicted molar refractivity (Wildman–Crippen MR) is 77.6 cm³/mol. The summed E-state index contributed by atoms with van der Waals surface area (Å²) in [6, 6.07) is 3.94. The molecule has 1 aliphatic carbocycles. The highest BCUT2D eigenvalue weighted by Crippen LogP contribution is 2.48. The molecule has 1 aliphatic rings. The van der Waals surface area contributed by atoms with Crippen LogP contribution in [0.4, 0.5) is 4.39 Å². The van der Waals surface area contributed by atoms with E-state index in [4.69, 9.17) is 10.5 Å². The van der Waals surface area contributed by atoms with Crippen LogP contribution in [0, 0.1) is 11.2 Å². The summed E-state index contributed by atoms with van der Waals surface area (Å²) in [7, 11) is -2.22. The first kappa shape index (κ1) is 16.4. The molecular formula is C14H21FN2O3S. The number of methoxy groups -OCH3 is 1. The van der Waals surface area contributed by atoms with Gasteiger partial charge in [0, 0.05) is 26.8 Å². The zero-order valence-electron chi connectivity index (χ0n) is 12.1. The second-order valence-corrected chi connectivity index (χ2v) is 7.27. The summed E-state index contributed by atoms with van der Waals surface area (Å²) in [5.74, 6) is -0.771. The van der Waals surface area contributed by atoms with E-state index in [0.29, 0.717) is 18.7 Å². The van der Waals surface area contributed by atoms with Crippen molar-refractivity contribution < 1.29 is 17.5 Å². The van der Waals surface area contributed by atoms with Crippen LogP contribution in [-0.2, 0) is 21.3 Å². The summed E-state index contributed by atoms with van der Waals surface area (Å²) in [6.45, 7) is 1.09. The van der Waals surface area contributed by atoms with Gasteiger partial charge in [0.2, 0.25) is 10.0 Å². The number of hydrogen-bond acceptors (Lipinski definition) is 4. The molecule has 0 aromatic heterocycles. The Hall–Kier alpha value is -1.02. The molecule has 0 atom stereocenters. The molecule has 0 radical (unpaired) electrons. The molecule has 3 N–H and O–H groups in total. The van der Waals surface area contributed by atoms with E-state index in [0.717, 1.165) is 25.3 Å². The van der Waals surface area contributed by atoms with Crippen molar-refractivity contribution in [2.75, 3.05) is 20.3 Å². The summed E-state index contributed by atoms with van der Waals surface area (Å²) in [5, 5.41) is 0. The highest BCUT2D eigenvalue weighted by molar-refractivity contribution is 7.89. The molecule has 0 unspecified atom stereocenters. The molecule has 1 fully saturated rings. The summed E-state index contributed by atoms with van der Waals surface area (Å²) >= 11 is 0. The smallest absolute Gasteiger partial charge is 0.243 e. The maximum atomic E-state index is 13.9. The quantitative estimate of drug-likeness (QED) is 0.759. The average molecular weight is 316 g/mol.